The zero-order chi connectivity index (χ0) is 21.6. The van der Waals surface area contributed by atoms with E-state index in [1.807, 2.05) is 5.92 Å². The summed E-state index contributed by atoms with van der Waals surface area (Å²) in [6.07, 6.45) is -16.8. The Bertz CT molecular complexity index is 623. The van der Waals surface area contributed by atoms with Crippen molar-refractivity contribution in [3.8, 4) is 11.2 Å². The van der Waals surface area contributed by atoms with Gasteiger partial charge in [0.05, 0.1) is 5.75 Å². The lowest BCUT2D eigenvalue weighted by Gasteiger charge is -2.19. The first kappa shape index (κ1) is 25.8. The second-order valence-corrected chi connectivity index (χ2v) is 7.51. The fraction of sp³-hybridized carbons (Fsp3) is 0.857. The third-order valence-corrected chi connectivity index (χ3v) is 4.53. The van der Waals surface area contributed by atoms with E-state index < -0.39 is 71.9 Å². The highest BCUT2D eigenvalue weighted by Gasteiger charge is 2.57. The summed E-state index contributed by atoms with van der Waals surface area (Å²) in [6.45, 7) is 0. The molecule has 0 unspecified atom stereocenters. The molecular formula is C14H16F10O2S. The van der Waals surface area contributed by atoms with Crippen molar-refractivity contribution in [3.63, 3.8) is 0 Å². The summed E-state index contributed by atoms with van der Waals surface area (Å²) in [5.74, 6) is -8.51. The minimum absolute atomic E-state index is 0.246. The lowest BCUT2D eigenvalue weighted by atomic mass is 10.1. The third kappa shape index (κ3) is 9.53. The number of rotatable bonds is 9. The lowest BCUT2D eigenvalue weighted by Crippen LogP contribution is -2.36. The van der Waals surface area contributed by atoms with Crippen LogP contribution in [-0.2, 0) is 9.84 Å². The fourth-order valence-electron chi connectivity index (χ4n) is 1.71. The van der Waals surface area contributed by atoms with E-state index in [0.717, 1.165) is 0 Å². The molecule has 0 saturated heterocycles. The van der Waals surface area contributed by atoms with Crippen LogP contribution in [-0.4, -0.2) is 38.4 Å². The van der Waals surface area contributed by atoms with Gasteiger partial charge in [-0.2, -0.15) is 43.9 Å². The quantitative estimate of drug-likeness (QED) is 0.207. The molecule has 27 heavy (non-hydrogen) atoms. The second kappa shape index (κ2) is 9.34. The van der Waals surface area contributed by atoms with Gasteiger partial charge in [0.15, 0.2) is 0 Å². The SMILES string of the molecule is O=S(=O)(C#CCCCC(F)(F)C(F)(F)F)CCCCCC(F)(F)C(F)(F)F. The van der Waals surface area contributed by atoms with Crippen LogP contribution < -0.4 is 0 Å². The zero-order valence-corrected chi connectivity index (χ0v) is 14.5. The average Bonchev–Trinajstić information content (AvgIpc) is 2.43. The molecular weight excluding hydrogens is 422 g/mol. The highest BCUT2D eigenvalue weighted by atomic mass is 32.2. The van der Waals surface area contributed by atoms with Gasteiger partial charge in [0.2, 0.25) is 9.84 Å². The van der Waals surface area contributed by atoms with Gasteiger partial charge in [-0.1, -0.05) is 12.3 Å². The van der Waals surface area contributed by atoms with E-state index in [-0.39, 0.29) is 12.8 Å². The molecule has 0 saturated carbocycles. The Balaban J connectivity index is 4.22. The van der Waals surface area contributed by atoms with E-state index in [9.17, 15) is 52.3 Å². The Kier molecular flexibility index (Phi) is 8.93. The molecule has 0 fully saturated rings. The summed E-state index contributed by atoms with van der Waals surface area (Å²) in [4.78, 5) is 0. The zero-order valence-electron chi connectivity index (χ0n) is 13.7. The highest BCUT2D eigenvalue weighted by molar-refractivity contribution is 7.96. The maximum Gasteiger partial charge on any atom is 0.453 e. The Morgan fingerprint density at radius 1 is 0.630 bits per heavy atom. The largest absolute Gasteiger partial charge is 0.453 e. The standard InChI is InChI=1S/C14H16F10O2S/c15-11(16,13(19,20)21)7-3-1-5-9-27(25,26)10-6-2-4-8-12(17,18)14(22,23)24/h1-5,7-9H2. The molecule has 2 nitrogen and oxygen atoms in total. The molecule has 0 atom stereocenters. The first-order valence-electron chi connectivity index (χ1n) is 7.53. The predicted molar refractivity (Wildman–Crippen MR) is 75.9 cm³/mol. The van der Waals surface area contributed by atoms with Crippen LogP contribution in [0.15, 0.2) is 0 Å². The molecule has 0 aliphatic heterocycles. The van der Waals surface area contributed by atoms with Crippen molar-refractivity contribution >= 4 is 9.84 Å². The second-order valence-electron chi connectivity index (χ2n) is 5.67. The summed E-state index contributed by atoms with van der Waals surface area (Å²) in [7, 11) is -4.05. The number of unbranched alkanes of at least 4 members (excludes halogenated alkanes) is 3. The minimum Gasteiger partial charge on any atom is -0.215 e. The number of sulfone groups is 1. The van der Waals surface area contributed by atoms with Gasteiger partial charge < -0.3 is 0 Å². The predicted octanol–water partition coefficient (Wildman–Crippen LogP) is 5.49. The molecule has 13 heteroatoms. The molecule has 0 heterocycles. The van der Waals surface area contributed by atoms with Gasteiger partial charge in [0.25, 0.3) is 0 Å². The molecule has 0 rings (SSSR count). The van der Waals surface area contributed by atoms with Crippen LogP contribution in [0, 0.1) is 11.2 Å². The number of alkyl halides is 10. The van der Waals surface area contributed by atoms with Crippen molar-refractivity contribution in [2.45, 2.75) is 69.1 Å². The molecule has 0 aliphatic rings. The smallest absolute Gasteiger partial charge is 0.215 e. The van der Waals surface area contributed by atoms with Crippen LogP contribution >= 0.6 is 0 Å². The molecule has 0 radical (unpaired) electrons. The monoisotopic (exact) mass is 438 g/mol. The van der Waals surface area contributed by atoms with E-state index in [1.54, 1.807) is 5.25 Å². The van der Waals surface area contributed by atoms with Crippen molar-refractivity contribution in [1.82, 2.24) is 0 Å². The normalized spacial score (nSPS) is 14.0. The van der Waals surface area contributed by atoms with E-state index in [0.29, 0.717) is 0 Å². The minimum atomic E-state index is -5.71. The Labute approximate surface area is 149 Å². The summed E-state index contributed by atoms with van der Waals surface area (Å²) >= 11 is 0. The topological polar surface area (TPSA) is 34.1 Å². The number of hydrogen-bond acceptors (Lipinski definition) is 2. The Hall–Kier alpha value is -1.19. The maximum atomic E-state index is 12.6. The van der Waals surface area contributed by atoms with Crippen molar-refractivity contribution in [2.75, 3.05) is 5.75 Å². The summed E-state index contributed by atoms with van der Waals surface area (Å²) in [5, 5.41) is 1.68. The molecule has 0 amide bonds. The molecule has 0 spiro atoms. The number of halogens is 10. The molecule has 0 bridgehead atoms. The van der Waals surface area contributed by atoms with Crippen LogP contribution in [0.5, 0.6) is 0 Å². The molecule has 0 aromatic rings. The van der Waals surface area contributed by atoms with Crippen molar-refractivity contribution < 1.29 is 52.3 Å². The van der Waals surface area contributed by atoms with E-state index in [1.165, 1.54) is 0 Å². The first-order chi connectivity index (χ1) is 11.9. The maximum absolute atomic E-state index is 12.6. The van der Waals surface area contributed by atoms with Crippen LogP contribution in [0.3, 0.4) is 0 Å². The highest BCUT2D eigenvalue weighted by Crippen LogP contribution is 2.40. The summed E-state index contributed by atoms with van der Waals surface area (Å²) in [6, 6.07) is 0. The van der Waals surface area contributed by atoms with Crippen LogP contribution in [0.1, 0.15) is 44.9 Å². The van der Waals surface area contributed by atoms with Crippen LogP contribution in [0.2, 0.25) is 0 Å². The molecule has 160 valence electrons. The Morgan fingerprint density at radius 2 is 1.07 bits per heavy atom. The van der Waals surface area contributed by atoms with Gasteiger partial charge in [0.1, 0.15) is 0 Å². The number of hydrogen-bond donors (Lipinski definition) is 0. The Morgan fingerprint density at radius 3 is 1.52 bits per heavy atom. The van der Waals surface area contributed by atoms with Gasteiger partial charge in [-0.05, 0) is 19.3 Å². The van der Waals surface area contributed by atoms with Crippen molar-refractivity contribution in [3.05, 3.63) is 0 Å². The molecule has 0 N–H and O–H groups in total. The van der Waals surface area contributed by atoms with Gasteiger partial charge in [-0.3, -0.25) is 0 Å². The summed E-state index contributed by atoms with van der Waals surface area (Å²) in [5.41, 5.74) is 0. The lowest BCUT2D eigenvalue weighted by molar-refractivity contribution is -0.284. The molecule has 0 aromatic carbocycles. The summed E-state index contributed by atoms with van der Waals surface area (Å²) < 4.78 is 145. The first-order valence-corrected chi connectivity index (χ1v) is 9.18. The van der Waals surface area contributed by atoms with E-state index in [4.69, 9.17) is 0 Å². The van der Waals surface area contributed by atoms with Gasteiger partial charge in [-0.15, -0.1) is 0 Å². The van der Waals surface area contributed by atoms with Crippen LogP contribution in [0.4, 0.5) is 43.9 Å². The average molecular weight is 438 g/mol. The van der Waals surface area contributed by atoms with Crippen molar-refractivity contribution in [1.29, 1.82) is 0 Å². The molecule has 0 aliphatic carbocycles. The fourth-order valence-corrected chi connectivity index (χ4v) is 2.72. The van der Waals surface area contributed by atoms with E-state index in [2.05, 4.69) is 0 Å². The van der Waals surface area contributed by atoms with Gasteiger partial charge in [-0.25, -0.2) is 8.42 Å². The molecule has 0 aromatic heterocycles. The third-order valence-electron chi connectivity index (χ3n) is 3.25. The van der Waals surface area contributed by atoms with Crippen LogP contribution in [0.25, 0.3) is 0 Å². The van der Waals surface area contributed by atoms with Gasteiger partial charge >= 0.3 is 24.2 Å². The van der Waals surface area contributed by atoms with E-state index >= 15 is 0 Å². The van der Waals surface area contributed by atoms with Gasteiger partial charge in [0, 0.05) is 24.5 Å². The van der Waals surface area contributed by atoms with Crippen molar-refractivity contribution in [2.24, 2.45) is 0 Å².